The quantitative estimate of drug-likeness (QED) is 0.632. The first kappa shape index (κ1) is 7.67. The molecule has 4 heteroatoms. The number of anilines is 1. The number of nitrogens with two attached hydrogens (primary N) is 1. The number of aromatic nitrogens is 2. The summed E-state index contributed by atoms with van der Waals surface area (Å²) in [5, 5.41) is 0.699. The standard InChI is InChI=1S/C9H7N3O/c10-9-6-3-1-2-4-7(6)12-8(13)5-11-9/h1-5H,10H2. The molecule has 0 saturated carbocycles. The second-order valence-electron chi connectivity index (χ2n) is 2.61. The van der Waals surface area contributed by atoms with Crippen molar-refractivity contribution in [2.45, 2.75) is 0 Å². The van der Waals surface area contributed by atoms with Crippen molar-refractivity contribution in [2.75, 3.05) is 5.73 Å². The second kappa shape index (κ2) is 2.82. The molecule has 0 aliphatic carbocycles. The third-order valence-electron chi connectivity index (χ3n) is 1.72. The molecule has 2 rings (SSSR count). The van der Waals surface area contributed by atoms with Crippen molar-refractivity contribution in [3.8, 4) is 0 Å². The van der Waals surface area contributed by atoms with E-state index in [9.17, 15) is 4.79 Å². The minimum Gasteiger partial charge on any atom is -0.383 e. The lowest BCUT2D eigenvalue weighted by atomic mass is 10.2. The number of nitrogen functional groups attached to an aromatic ring is 1. The lowest BCUT2D eigenvalue weighted by Crippen LogP contribution is -1.98. The average molecular weight is 173 g/mol. The fraction of sp³-hybridized carbons (Fsp3) is 0. The van der Waals surface area contributed by atoms with E-state index >= 15 is 0 Å². The molecule has 0 radical (unpaired) electrons. The second-order valence-corrected chi connectivity index (χ2v) is 2.61. The highest BCUT2D eigenvalue weighted by atomic mass is 16.1. The average Bonchev–Trinajstić information content (AvgIpc) is 2.27. The SMILES string of the molecule is Nc1ncc(=O)nc2ccccc12. The van der Waals surface area contributed by atoms with Crippen LogP contribution in [0, 0.1) is 0 Å². The van der Waals surface area contributed by atoms with Crippen LogP contribution in [0.4, 0.5) is 5.82 Å². The molecule has 0 aliphatic heterocycles. The van der Waals surface area contributed by atoms with Gasteiger partial charge in [0, 0.05) is 5.39 Å². The van der Waals surface area contributed by atoms with Crippen LogP contribution in [0.1, 0.15) is 0 Å². The molecule has 64 valence electrons. The Labute approximate surface area is 74.1 Å². The normalized spacial score (nSPS) is 10.2. The summed E-state index contributed by atoms with van der Waals surface area (Å²) in [6.45, 7) is 0. The molecule has 1 aromatic carbocycles. The number of fused-ring (bicyclic) bond motifs is 1. The number of para-hydroxylation sites is 1. The number of benzene rings is 1. The molecule has 2 N–H and O–H groups in total. The van der Waals surface area contributed by atoms with Gasteiger partial charge in [0.2, 0.25) is 0 Å². The van der Waals surface area contributed by atoms with Gasteiger partial charge in [-0.05, 0) is 12.1 Å². The predicted molar refractivity (Wildman–Crippen MR) is 50.2 cm³/mol. The molecule has 1 heterocycles. The summed E-state index contributed by atoms with van der Waals surface area (Å²) < 4.78 is 0. The van der Waals surface area contributed by atoms with Gasteiger partial charge in [0.25, 0.3) is 5.56 Å². The maximum Gasteiger partial charge on any atom is 0.288 e. The first-order valence-corrected chi connectivity index (χ1v) is 3.79. The molecule has 0 amide bonds. The summed E-state index contributed by atoms with van der Waals surface area (Å²) in [5.41, 5.74) is 5.81. The summed E-state index contributed by atoms with van der Waals surface area (Å²) in [5.74, 6) is 0.324. The topological polar surface area (TPSA) is 68.9 Å². The fourth-order valence-electron chi connectivity index (χ4n) is 1.13. The number of hydrogen-bond acceptors (Lipinski definition) is 4. The van der Waals surface area contributed by atoms with E-state index in [1.165, 1.54) is 0 Å². The molecule has 0 fully saturated rings. The van der Waals surface area contributed by atoms with Gasteiger partial charge >= 0.3 is 0 Å². The maximum absolute atomic E-state index is 11.0. The summed E-state index contributed by atoms with van der Waals surface area (Å²) in [6.07, 6.45) is 1.12. The van der Waals surface area contributed by atoms with Gasteiger partial charge < -0.3 is 5.73 Å². The zero-order chi connectivity index (χ0) is 9.26. The Morgan fingerprint density at radius 2 is 2.00 bits per heavy atom. The molecule has 0 aliphatic rings. The highest BCUT2D eigenvalue weighted by Gasteiger charge is 1.97. The Morgan fingerprint density at radius 1 is 1.23 bits per heavy atom. The van der Waals surface area contributed by atoms with Crippen molar-refractivity contribution in [1.82, 2.24) is 9.97 Å². The van der Waals surface area contributed by atoms with E-state index < -0.39 is 0 Å². The highest BCUT2D eigenvalue weighted by molar-refractivity contribution is 5.86. The van der Waals surface area contributed by atoms with Gasteiger partial charge in [-0.3, -0.25) is 4.79 Å². The third kappa shape index (κ3) is 1.33. The Hall–Kier alpha value is -1.97. The van der Waals surface area contributed by atoms with Crippen LogP contribution < -0.4 is 11.3 Å². The van der Waals surface area contributed by atoms with Crippen molar-refractivity contribution in [3.05, 3.63) is 40.8 Å². The van der Waals surface area contributed by atoms with Gasteiger partial charge in [-0.25, -0.2) is 9.97 Å². The van der Waals surface area contributed by atoms with Gasteiger partial charge in [-0.2, -0.15) is 0 Å². The van der Waals surface area contributed by atoms with E-state index in [0.29, 0.717) is 16.7 Å². The van der Waals surface area contributed by atoms with Gasteiger partial charge in [0.15, 0.2) is 0 Å². The van der Waals surface area contributed by atoms with Crippen LogP contribution >= 0.6 is 0 Å². The van der Waals surface area contributed by atoms with Crippen LogP contribution in [-0.2, 0) is 0 Å². The largest absolute Gasteiger partial charge is 0.383 e. The van der Waals surface area contributed by atoms with Gasteiger partial charge in [-0.15, -0.1) is 0 Å². The van der Waals surface area contributed by atoms with E-state index in [-0.39, 0.29) is 5.56 Å². The molecule has 4 nitrogen and oxygen atoms in total. The Kier molecular flexibility index (Phi) is 1.66. The van der Waals surface area contributed by atoms with Crippen molar-refractivity contribution >= 4 is 16.7 Å². The Balaban J connectivity index is 3.03. The van der Waals surface area contributed by atoms with Crippen molar-refractivity contribution in [1.29, 1.82) is 0 Å². The van der Waals surface area contributed by atoms with E-state index in [1.54, 1.807) is 18.2 Å². The van der Waals surface area contributed by atoms with Crippen LogP contribution in [-0.4, -0.2) is 9.97 Å². The van der Waals surface area contributed by atoms with Gasteiger partial charge in [0.05, 0.1) is 11.7 Å². The van der Waals surface area contributed by atoms with Gasteiger partial charge in [-0.1, -0.05) is 12.1 Å². The van der Waals surface area contributed by atoms with Crippen LogP contribution in [0.2, 0.25) is 0 Å². The number of hydrogen-bond donors (Lipinski definition) is 1. The molecule has 1 aromatic heterocycles. The first-order valence-electron chi connectivity index (χ1n) is 3.79. The van der Waals surface area contributed by atoms with Crippen LogP contribution in [0.25, 0.3) is 10.9 Å². The third-order valence-corrected chi connectivity index (χ3v) is 1.72. The summed E-state index contributed by atoms with van der Waals surface area (Å²) in [6, 6.07) is 7.14. The summed E-state index contributed by atoms with van der Waals surface area (Å²) in [7, 11) is 0. The molecular weight excluding hydrogens is 166 g/mol. The van der Waals surface area contributed by atoms with Crippen LogP contribution in [0.15, 0.2) is 35.3 Å². The number of nitrogens with zero attached hydrogens (tertiary/aromatic N) is 2. The fourth-order valence-corrected chi connectivity index (χ4v) is 1.13. The molecule has 0 bridgehead atoms. The van der Waals surface area contributed by atoms with Crippen molar-refractivity contribution < 1.29 is 0 Å². The van der Waals surface area contributed by atoms with Crippen molar-refractivity contribution in [3.63, 3.8) is 0 Å². The van der Waals surface area contributed by atoms with Crippen molar-refractivity contribution in [2.24, 2.45) is 0 Å². The molecule has 0 spiro atoms. The zero-order valence-electron chi connectivity index (χ0n) is 6.77. The molecule has 0 atom stereocenters. The first-order chi connectivity index (χ1) is 6.27. The molecule has 13 heavy (non-hydrogen) atoms. The minimum absolute atomic E-state index is 0.324. The lowest BCUT2D eigenvalue weighted by Gasteiger charge is -1.91. The lowest BCUT2D eigenvalue weighted by molar-refractivity contribution is 1.26. The minimum atomic E-state index is -0.382. The smallest absolute Gasteiger partial charge is 0.288 e. The number of rotatable bonds is 0. The zero-order valence-corrected chi connectivity index (χ0v) is 6.77. The van der Waals surface area contributed by atoms with E-state index in [1.807, 2.05) is 6.07 Å². The Morgan fingerprint density at radius 3 is 2.85 bits per heavy atom. The monoisotopic (exact) mass is 173 g/mol. The van der Waals surface area contributed by atoms with Crippen LogP contribution in [0.3, 0.4) is 0 Å². The maximum atomic E-state index is 11.0. The summed E-state index contributed by atoms with van der Waals surface area (Å²) in [4.78, 5) is 18.6. The molecule has 2 aromatic rings. The van der Waals surface area contributed by atoms with E-state index in [4.69, 9.17) is 5.73 Å². The van der Waals surface area contributed by atoms with E-state index in [2.05, 4.69) is 9.97 Å². The highest BCUT2D eigenvalue weighted by Crippen LogP contribution is 2.12. The van der Waals surface area contributed by atoms with E-state index in [0.717, 1.165) is 6.20 Å². The van der Waals surface area contributed by atoms with Gasteiger partial charge in [0.1, 0.15) is 5.82 Å². The summed E-state index contributed by atoms with van der Waals surface area (Å²) >= 11 is 0. The molecule has 0 saturated heterocycles. The Bertz CT molecular complexity index is 510. The molecular formula is C9H7N3O. The molecule has 0 unspecified atom stereocenters. The van der Waals surface area contributed by atoms with Crippen LogP contribution in [0.5, 0.6) is 0 Å². The predicted octanol–water partition coefficient (Wildman–Crippen LogP) is 0.572.